The van der Waals surface area contributed by atoms with Crippen molar-refractivity contribution >= 4 is 11.0 Å². The number of hydrogen-bond acceptors (Lipinski definition) is 1. The Bertz CT molecular complexity index is 411. The minimum absolute atomic E-state index is 0.102. The molecule has 0 amide bonds. The number of nitrogens with zero attached hydrogens (tertiary/aromatic N) is 2. The second-order valence-corrected chi connectivity index (χ2v) is 3.05. The summed E-state index contributed by atoms with van der Waals surface area (Å²) in [5.41, 5.74) is 3.29. The van der Waals surface area contributed by atoms with Crippen LogP contribution in [0.3, 0.4) is 0 Å². The number of fused-ring (bicyclic) bond motifs is 1. The summed E-state index contributed by atoms with van der Waals surface area (Å²) in [5, 5.41) is 9.00. The van der Waals surface area contributed by atoms with Crippen LogP contribution < -0.4 is 0 Å². The Hall–Kier alpha value is -1.22. The van der Waals surface area contributed by atoms with E-state index in [1.165, 1.54) is 11.0 Å². The van der Waals surface area contributed by atoms with E-state index in [1.807, 2.05) is 30.9 Å². The van der Waals surface area contributed by atoms with Gasteiger partial charge in [-0.05, 0) is 12.1 Å². The molecule has 0 saturated carbocycles. The van der Waals surface area contributed by atoms with Crippen molar-refractivity contribution in [3.05, 3.63) is 24.0 Å². The van der Waals surface area contributed by atoms with Gasteiger partial charge >= 0.3 is 0 Å². The maximum Gasteiger partial charge on any atom is 0.0833 e. The average molecular weight is 164 g/mol. The fraction of sp³-hybridized carbons (Fsp3) is 0.333. The maximum atomic E-state index is 9.00. The lowest BCUT2D eigenvalue weighted by Gasteiger charge is -1.97. The molecule has 64 valence electrons. The summed E-state index contributed by atoms with van der Waals surface area (Å²) in [6, 6.07) is 4.06. The molecule has 2 aromatic rings. The number of rotatable bonds is 1. The molecule has 2 rings (SSSR count). The SMILES string of the molecule is Cn1ccc2c1cc(CO)n2C. The minimum atomic E-state index is 0.102. The summed E-state index contributed by atoms with van der Waals surface area (Å²) in [6.45, 7) is 0.102. The van der Waals surface area contributed by atoms with Gasteiger partial charge in [-0.2, -0.15) is 0 Å². The van der Waals surface area contributed by atoms with Crippen LogP contribution in [0.2, 0.25) is 0 Å². The highest BCUT2D eigenvalue weighted by atomic mass is 16.3. The number of hydrogen-bond donors (Lipinski definition) is 1. The van der Waals surface area contributed by atoms with Crippen molar-refractivity contribution in [2.75, 3.05) is 0 Å². The van der Waals surface area contributed by atoms with Crippen molar-refractivity contribution in [1.29, 1.82) is 0 Å². The molecule has 0 saturated heterocycles. The normalized spacial score (nSPS) is 11.2. The van der Waals surface area contributed by atoms with Crippen LogP contribution in [0.4, 0.5) is 0 Å². The van der Waals surface area contributed by atoms with Gasteiger partial charge in [0.15, 0.2) is 0 Å². The Balaban J connectivity index is 2.79. The van der Waals surface area contributed by atoms with E-state index in [1.54, 1.807) is 0 Å². The zero-order chi connectivity index (χ0) is 8.72. The molecule has 2 heterocycles. The van der Waals surface area contributed by atoms with Crippen LogP contribution in [0.1, 0.15) is 5.69 Å². The summed E-state index contributed by atoms with van der Waals surface area (Å²) in [4.78, 5) is 0. The first-order chi connectivity index (χ1) is 5.74. The van der Waals surface area contributed by atoms with E-state index in [4.69, 9.17) is 5.11 Å². The highest BCUT2D eigenvalue weighted by molar-refractivity contribution is 5.78. The molecular weight excluding hydrogens is 152 g/mol. The summed E-state index contributed by atoms with van der Waals surface area (Å²) in [6.07, 6.45) is 2.02. The molecule has 0 radical (unpaired) electrons. The third kappa shape index (κ3) is 0.800. The van der Waals surface area contributed by atoms with Crippen molar-refractivity contribution in [3.63, 3.8) is 0 Å². The van der Waals surface area contributed by atoms with Crippen molar-refractivity contribution in [3.8, 4) is 0 Å². The van der Waals surface area contributed by atoms with E-state index in [9.17, 15) is 0 Å². The molecule has 0 bridgehead atoms. The number of aliphatic hydroxyl groups excluding tert-OH is 1. The maximum absolute atomic E-state index is 9.00. The van der Waals surface area contributed by atoms with E-state index in [-0.39, 0.29) is 6.61 Å². The third-order valence-corrected chi connectivity index (χ3v) is 2.36. The Kier molecular flexibility index (Phi) is 1.48. The van der Waals surface area contributed by atoms with Gasteiger partial charge in [0.05, 0.1) is 17.6 Å². The molecule has 3 nitrogen and oxygen atoms in total. The number of aliphatic hydroxyl groups is 1. The highest BCUT2D eigenvalue weighted by Crippen LogP contribution is 2.18. The van der Waals surface area contributed by atoms with Gasteiger partial charge in [-0.1, -0.05) is 0 Å². The topological polar surface area (TPSA) is 30.1 Å². The standard InChI is InChI=1S/C9H12N2O/c1-10-4-3-8-9(10)5-7(6-12)11(8)2/h3-5,12H,6H2,1-2H3. The zero-order valence-corrected chi connectivity index (χ0v) is 7.28. The first kappa shape index (κ1) is 7.43. The van der Waals surface area contributed by atoms with E-state index >= 15 is 0 Å². The predicted molar refractivity (Wildman–Crippen MR) is 47.8 cm³/mol. The van der Waals surface area contributed by atoms with Crippen LogP contribution in [-0.2, 0) is 20.7 Å². The monoisotopic (exact) mass is 164 g/mol. The lowest BCUT2D eigenvalue weighted by atomic mass is 10.4. The highest BCUT2D eigenvalue weighted by Gasteiger charge is 2.06. The van der Waals surface area contributed by atoms with Gasteiger partial charge < -0.3 is 14.2 Å². The fourth-order valence-corrected chi connectivity index (χ4v) is 1.55. The number of aryl methyl sites for hydroxylation is 2. The first-order valence-electron chi connectivity index (χ1n) is 3.94. The van der Waals surface area contributed by atoms with E-state index in [0.29, 0.717) is 0 Å². The van der Waals surface area contributed by atoms with Crippen molar-refractivity contribution in [1.82, 2.24) is 9.13 Å². The molecule has 12 heavy (non-hydrogen) atoms. The smallest absolute Gasteiger partial charge is 0.0833 e. The van der Waals surface area contributed by atoms with Gasteiger partial charge in [0.2, 0.25) is 0 Å². The van der Waals surface area contributed by atoms with Gasteiger partial charge in [-0.3, -0.25) is 0 Å². The van der Waals surface area contributed by atoms with Crippen LogP contribution in [0.5, 0.6) is 0 Å². The summed E-state index contributed by atoms with van der Waals surface area (Å²) in [7, 11) is 3.97. The average Bonchev–Trinajstić information content (AvgIpc) is 2.55. The minimum Gasteiger partial charge on any atom is -0.390 e. The molecule has 0 aliphatic heterocycles. The Morgan fingerprint density at radius 1 is 1.33 bits per heavy atom. The van der Waals surface area contributed by atoms with Crippen molar-refractivity contribution in [2.24, 2.45) is 14.1 Å². The molecule has 0 atom stereocenters. The second-order valence-electron chi connectivity index (χ2n) is 3.05. The second kappa shape index (κ2) is 2.38. The van der Waals surface area contributed by atoms with E-state index < -0.39 is 0 Å². The Morgan fingerprint density at radius 3 is 2.67 bits per heavy atom. The molecule has 0 aliphatic carbocycles. The molecule has 2 aromatic heterocycles. The van der Waals surface area contributed by atoms with Gasteiger partial charge in [-0.15, -0.1) is 0 Å². The zero-order valence-electron chi connectivity index (χ0n) is 7.28. The summed E-state index contributed by atoms with van der Waals surface area (Å²) < 4.78 is 4.06. The summed E-state index contributed by atoms with van der Waals surface area (Å²) >= 11 is 0. The molecule has 0 unspecified atom stereocenters. The molecule has 3 heteroatoms. The van der Waals surface area contributed by atoms with Crippen LogP contribution in [-0.4, -0.2) is 14.2 Å². The van der Waals surface area contributed by atoms with Crippen LogP contribution >= 0.6 is 0 Å². The summed E-state index contributed by atoms with van der Waals surface area (Å²) in [5.74, 6) is 0. The van der Waals surface area contributed by atoms with Gasteiger partial charge in [0.1, 0.15) is 0 Å². The van der Waals surface area contributed by atoms with Crippen LogP contribution in [0, 0.1) is 0 Å². The largest absolute Gasteiger partial charge is 0.390 e. The lowest BCUT2D eigenvalue weighted by molar-refractivity contribution is 0.273. The molecule has 0 spiro atoms. The van der Waals surface area contributed by atoms with E-state index in [2.05, 4.69) is 10.6 Å². The molecule has 0 aliphatic rings. The van der Waals surface area contributed by atoms with Gasteiger partial charge in [0.25, 0.3) is 0 Å². The van der Waals surface area contributed by atoms with Crippen molar-refractivity contribution < 1.29 is 5.11 Å². The first-order valence-corrected chi connectivity index (χ1v) is 3.94. The van der Waals surface area contributed by atoms with E-state index in [0.717, 1.165) is 5.69 Å². The molecular formula is C9H12N2O. The van der Waals surface area contributed by atoms with Crippen LogP contribution in [0.25, 0.3) is 11.0 Å². The molecule has 0 aromatic carbocycles. The van der Waals surface area contributed by atoms with Crippen LogP contribution in [0.15, 0.2) is 18.3 Å². The quantitative estimate of drug-likeness (QED) is 0.669. The van der Waals surface area contributed by atoms with Gasteiger partial charge in [-0.25, -0.2) is 0 Å². The van der Waals surface area contributed by atoms with Crippen molar-refractivity contribution in [2.45, 2.75) is 6.61 Å². The Morgan fingerprint density at radius 2 is 2.08 bits per heavy atom. The molecule has 0 fully saturated rings. The number of aromatic nitrogens is 2. The molecule has 1 N–H and O–H groups in total. The third-order valence-electron chi connectivity index (χ3n) is 2.36. The predicted octanol–water partition coefficient (Wildman–Crippen LogP) is 1.01. The van der Waals surface area contributed by atoms with Gasteiger partial charge in [0, 0.05) is 26.0 Å². The Labute approximate surface area is 70.8 Å². The lowest BCUT2D eigenvalue weighted by Crippen LogP contribution is -1.93. The fourth-order valence-electron chi connectivity index (χ4n) is 1.55.